The van der Waals surface area contributed by atoms with Gasteiger partial charge in [0.25, 0.3) is 0 Å². The first-order chi connectivity index (χ1) is 10.2. The highest BCUT2D eigenvalue weighted by Gasteiger charge is 2.24. The molecule has 2 N–H and O–H groups in total. The van der Waals surface area contributed by atoms with E-state index in [0.717, 1.165) is 12.8 Å². The topological polar surface area (TPSA) is 41.5 Å². The SMILES string of the molecule is CCC1CCCCC1OCC(O)CNc1cccc(F)c1. The van der Waals surface area contributed by atoms with Crippen molar-refractivity contribution in [2.24, 2.45) is 5.92 Å². The van der Waals surface area contributed by atoms with Gasteiger partial charge in [-0.1, -0.05) is 32.3 Å². The van der Waals surface area contributed by atoms with Crippen LogP contribution in [0.3, 0.4) is 0 Å². The number of anilines is 1. The van der Waals surface area contributed by atoms with Crippen LogP contribution in [0, 0.1) is 11.7 Å². The first kappa shape index (κ1) is 16.2. The lowest BCUT2D eigenvalue weighted by Gasteiger charge is -2.31. The second-order valence-corrected chi connectivity index (χ2v) is 5.87. The molecule has 1 aromatic carbocycles. The molecule has 4 heteroatoms. The molecule has 3 unspecified atom stereocenters. The fourth-order valence-corrected chi connectivity index (χ4v) is 2.99. The third kappa shape index (κ3) is 5.29. The van der Waals surface area contributed by atoms with Crippen molar-refractivity contribution >= 4 is 5.69 Å². The van der Waals surface area contributed by atoms with Crippen LogP contribution >= 0.6 is 0 Å². The molecule has 0 aliphatic heterocycles. The molecule has 1 aromatic rings. The Kier molecular flexibility index (Phi) is 6.46. The summed E-state index contributed by atoms with van der Waals surface area (Å²) in [4.78, 5) is 0. The summed E-state index contributed by atoms with van der Waals surface area (Å²) in [7, 11) is 0. The van der Waals surface area contributed by atoms with Gasteiger partial charge in [-0.15, -0.1) is 0 Å². The minimum absolute atomic E-state index is 0.279. The molecule has 1 saturated carbocycles. The van der Waals surface area contributed by atoms with E-state index < -0.39 is 6.10 Å². The standard InChI is InChI=1S/C17H26FNO2/c1-2-13-6-3-4-9-17(13)21-12-16(20)11-19-15-8-5-7-14(18)10-15/h5,7-8,10,13,16-17,19-20H,2-4,6,9,11-12H2,1H3. The normalized spacial score (nSPS) is 23.8. The molecule has 1 aliphatic carbocycles. The number of hydrogen-bond donors (Lipinski definition) is 2. The van der Waals surface area contributed by atoms with Gasteiger partial charge in [0.1, 0.15) is 5.82 Å². The van der Waals surface area contributed by atoms with Crippen molar-refractivity contribution < 1.29 is 14.2 Å². The molecular formula is C17H26FNO2. The van der Waals surface area contributed by atoms with E-state index in [0.29, 0.717) is 24.8 Å². The smallest absolute Gasteiger partial charge is 0.125 e. The quantitative estimate of drug-likeness (QED) is 0.808. The summed E-state index contributed by atoms with van der Waals surface area (Å²) in [5, 5.41) is 13.0. The maximum absolute atomic E-state index is 13.0. The van der Waals surface area contributed by atoms with Crippen LogP contribution in [0.25, 0.3) is 0 Å². The van der Waals surface area contributed by atoms with E-state index in [4.69, 9.17) is 4.74 Å². The second kappa shape index (κ2) is 8.35. The number of halogens is 1. The lowest BCUT2D eigenvalue weighted by atomic mass is 9.85. The average Bonchev–Trinajstić information content (AvgIpc) is 2.51. The Morgan fingerprint density at radius 3 is 2.95 bits per heavy atom. The van der Waals surface area contributed by atoms with E-state index >= 15 is 0 Å². The maximum Gasteiger partial charge on any atom is 0.125 e. The van der Waals surface area contributed by atoms with Crippen molar-refractivity contribution in [3.05, 3.63) is 30.1 Å². The molecule has 0 radical (unpaired) electrons. The molecular weight excluding hydrogens is 269 g/mol. The second-order valence-electron chi connectivity index (χ2n) is 5.87. The molecule has 0 saturated heterocycles. The Hall–Kier alpha value is -1.13. The summed E-state index contributed by atoms with van der Waals surface area (Å²) in [6.07, 6.45) is 5.70. The average molecular weight is 295 g/mol. The Labute approximate surface area is 126 Å². The molecule has 0 amide bonds. The Bertz CT molecular complexity index is 427. The van der Waals surface area contributed by atoms with E-state index in [9.17, 15) is 9.50 Å². The van der Waals surface area contributed by atoms with Crippen LogP contribution in [0.2, 0.25) is 0 Å². The van der Waals surface area contributed by atoms with Crippen molar-refractivity contribution in [1.82, 2.24) is 0 Å². The highest BCUT2D eigenvalue weighted by Crippen LogP contribution is 2.29. The van der Waals surface area contributed by atoms with Gasteiger partial charge in [-0.2, -0.15) is 0 Å². The van der Waals surface area contributed by atoms with Crippen molar-refractivity contribution in [3.8, 4) is 0 Å². The summed E-state index contributed by atoms with van der Waals surface area (Å²) < 4.78 is 18.9. The van der Waals surface area contributed by atoms with Crippen molar-refractivity contribution in [2.75, 3.05) is 18.5 Å². The molecule has 1 fully saturated rings. The number of benzene rings is 1. The van der Waals surface area contributed by atoms with Gasteiger partial charge in [-0.05, 0) is 37.0 Å². The van der Waals surface area contributed by atoms with Crippen LogP contribution in [-0.4, -0.2) is 30.5 Å². The number of rotatable bonds is 7. The Morgan fingerprint density at radius 1 is 1.38 bits per heavy atom. The number of aliphatic hydroxyl groups excluding tert-OH is 1. The van der Waals surface area contributed by atoms with E-state index in [1.54, 1.807) is 12.1 Å². The van der Waals surface area contributed by atoms with E-state index in [1.165, 1.54) is 31.4 Å². The molecule has 21 heavy (non-hydrogen) atoms. The van der Waals surface area contributed by atoms with Gasteiger partial charge in [0, 0.05) is 12.2 Å². The predicted molar refractivity (Wildman–Crippen MR) is 82.9 cm³/mol. The summed E-state index contributed by atoms with van der Waals surface area (Å²) in [5.74, 6) is 0.348. The van der Waals surface area contributed by atoms with Crippen LogP contribution in [-0.2, 0) is 4.74 Å². The molecule has 3 nitrogen and oxygen atoms in total. The third-order valence-electron chi connectivity index (χ3n) is 4.23. The first-order valence-electron chi connectivity index (χ1n) is 7.98. The molecule has 118 valence electrons. The molecule has 0 aromatic heterocycles. The minimum atomic E-state index is -0.576. The van der Waals surface area contributed by atoms with Crippen molar-refractivity contribution in [3.63, 3.8) is 0 Å². The molecule has 0 bridgehead atoms. The van der Waals surface area contributed by atoms with Gasteiger partial charge < -0.3 is 15.2 Å². The fourth-order valence-electron chi connectivity index (χ4n) is 2.99. The zero-order chi connectivity index (χ0) is 15.1. The van der Waals surface area contributed by atoms with E-state index in [-0.39, 0.29) is 11.9 Å². The zero-order valence-corrected chi connectivity index (χ0v) is 12.7. The van der Waals surface area contributed by atoms with Crippen LogP contribution < -0.4 is 5.32 Å². The lowest BCUT2D eigenvalue weighted by Crippen LogP contribution is -2.32. The van der Waals surface area contributed by atoms with Crippen LogP contribution in [0.15, 0.2) is 24.3 Å². The summed E-state index contributed by atoms with van der Waals surface area (Å²) in [6.45, 7) is 2.91. The van der Waals surface area contributed by atoms with E-state index in [2.05, 4.69) is 12.2 Å². The van der Waals surface area contributed by atoms with Gasteiger partial charge in [0.15, 0.2) is 0 Å². The summed E-state index contributed by atoms with van der Waals surface area (Å²) in [5.41, 5.74) is 0.679. The Balaban J connectivity index is 1.70. The number of hydrogen-bond acceptors (Lipinski definition) is 3. The van der Waals surface area contributed by atoms with Crippen LogP contribution in [0.4, 0.5) is 10.1 Å². The van der Waals surface area contributed by atoms with Crippen molar-refractivity contribution in [2.45, 2.75) is 51.2 Å². The predicted octanol–water partition coefficient (Wildman–Crippen LogP) is 3.58. The monoisotopic (exact) mass is 295 g/mol. The van der Waals surface area contributed by atoms with Crippen LogP contribution in [0.1, 0.15) is 39.0 Å². The largest absolute Gasteiger partial charge is 0.389 e. The maximum atomic E-state index is 13.0. The van der Waals surface area contributed by atoms with E-state index in [1.807, 2.05) is 0 Å². The molecule has 1 aliphatic rings. The number of nitrogens with one attached hydrogen (secondary N) is 1. The van der Waals surface area contributed by atoms with Gasteiger partial charge in [0.2, 0.25) is 0 Å². The summed E-state index contributed by atoms with van der Waals surface area (Å²) >= 11 is 0. The molecule has 2 rings (SSSR count). The fraction of sp³-hybridized carbons (Fsp3) is 0.647. The van der Waals surface area contributed by atoms with Gasteiger partial charge in [-0.3, -0.25) is 0 Å². The minimum Gasteiger partial charge on any atom is -0.389 e. The van der Waals surface area contributed by atoms with Gasteiger partial charge >= 0.3 is 0 Å². The molecule has 3 atom stereocenters. The van der Waals surface area contributed by atoms with Crippen molar-refractivity contribution in [1.29, 1.82) is 0 Å². The zero-order valence-electron chi connectivity index (χ0n) is 12.7. The highest BCUT2D eigenvalue weighted by atomic mass is 19.1. The lowest BCUT2D eigenvalue weighted by molar-refractivity contribution is -0.0473. The molecule has 0 heterocycles. The first-order valence-corrected chi connectivity index (χ1v) is 7.98. The highest BCUT2D eigenvalue weighted by molar-refractivity contribution is 5.43. The number of aliphatic hydroxyl groups is 1. The number of ether oxygens (including phenoxy) is 1. The van der Waals surface area contributed by atoms with Gasteiger partial charge in [0.05, 0.1) is 18.8 Å². The Morgan fingerprint density at radius 2 is 2.19 bits per heavy atom. The van der Waals surface area contributed by atoms with Crippen LogP contribution in [0.5, 0.6) is 0 Å². The third-order valence-corrected chi connectivity index (χ3v) is 4.23. The summed E-state index contributed by atoms with van der Waals surface area (Å²) in [6, 6.07) is 6.25. The van der Waals surface area contributed by atoms with Gasteiger partial charge in [-0.25, -0.2) is 4.39 Å². The molecule has 0 spiro atoms.